The fourth-order valence-electron chi connectivity index (χ4n) is 3.01. The minimum Gasteiger partial charge on any atom is -0.356 e. The Morgan fingerprint density at radius 1 is 1.26 bits per heavy atom. The van der Waals surface area contributed by atoms with E-state index in [1.807, 2.05) is 29.6 Å². The van der Waals surface area contributed by atoms with E-state index in [2.05, 4.69) is 37.3 Å². The van der Waals surface area contributed by atoms with Crippen LogP contribution in [0.3, 0.4) is 0 Å². The van der Waals surface area contributed by atoms with Crippen molar-refractivity contribution in [2.75, 3.05) is 25.0 Å². The third kappa shape index (κ3) is 6.23. The van der Waals surface area contributed by atoms with Gasteiger partial charge < -0.3 is 20.1 Å². The Labute approximate surface area is 177 Å². The highest BCUT2D eigenvalue weighted by Gasteiger charge is 2.21. The lowest BCUT2D eigenvalue weighted by atomic mass is 10.2. The van der Waals surface area contributed by atoms with Crippen LogP contribution in [0.5, 0.6) is 0 Å². The van der Waals surface area contributed by atoms with E-state index in [1.54, 1.807) is 13.2 Å². The second-order valence-corrected chi connectivity index (χ2v) is 6.32. The highest BCUT2D eigenvalue weighted by molar-refractivity contribution is 14.0. The molecular weight excluding hydrogens is 455 g/mol. The van der Waals surface area contributed by atoms with Crippen LogP contribution in [0.4, 0.5) is 5.69 Å². The van der Waals surface area contributed by atoms with Crippen LogP contribution in [-0.4, -0.2) is 41.6 Å². The van der Waals surface area contributed by atoms with Gasteiger partial charge in [0.05, 0.1) is 6.33 Å². The lowest BCUT2D eigenvalue weighted by molar-refractivity contribution is -0.117. The number of aromatic nitrogens is 2. The third-order valence-corrected chi connectivity index (χ3v) is 4.45. The Hall–Kier alpha value is -2.10. The molecule has 2 N–H and O–H groups in total. The van der Waals surface area contributed by atoms with Gasteiger partial charge in [-0.15, -0.1) is 24.0 Å². The molecule has 0 aliphatic carbocycles. The molecule has 2 heterocycles. The number of aliphatic imine (C=N–C) groups is 1. The number of amides is 1. The Morgan fingerprint density at radius 3 is 2.70 bits per heavy atom. The molecule has 0 bridgehead atoms. The van der Waals surface area contributed by atoms with E-state index in [-0.39, 0.29) is 29.9 Å². The highest BCUT2D eigenvalue weighted by atomic mass is 127. The van der Waals surface area contributed by atoms with E-state index >= 15 is 0 Å². The fourth-order valence-corrected chi connectivity index (χ4v) is 3.01. The van der Waals surface area contributed by atoms with Gasteiger partial charge in [0.15, 0.2) is 5.96 Å². The number of carbonyl (C=O) groups excluding carboxylic acids is 1. The second kappa shape index (κ2) is 10.9. The topological polar surface area (TPSA) is 74.6 Å². The molecule has 1 amide bonds. The van der Waals surface area contributed by atoms with Gasteiger partial charge in [0.2, 0.25) is 5.91 Å². The molecule has 7 nitrogen and oxygen atoms in total. The summed E-state index contributed by atoms with van der Waals surface area (Å²) < 4.78 is 2.06. The van der Waals surface area contributed by atoms with E-state index in [1.165, 1.54) is 0 Å². The van der Waals surface area contributed by atoms with Gasteiger partial charge in [-0.05, 0) is 30.5 Å². The number of rotatable bonds is 7. The summed E-state index contributed by atoms with van der Waals surface area (Å²) in [6, 6.07) is 8.14. The van der Waals surface area contributed by atoms with Gasteiger partial charge in [0.25, 0.3) is 0 Å². The van der Waals surface area contributed by atoms with E-state index in [0.717, 1.165) is 49.7 Å². The largest absolute Gasteiger partial charge is 0.356 e. The molecule has 146 valence electrons. The molecule has 0 radical (unpaired) electrons. The van der Waals surface area contributed by atoms with Crippen LogP contribution in [0.25, 0.3) is 0 Å². The summed E-state index contributed by atoms with van der Waals surface area (Å²) >= 11 is 0. The first-order chi connectivity index (χ1) is 12.8. The molecule has 1 aliphatic heterocycles. The van der Waals surface area contributed by atoms with Crippen molar-refractivity contribution in [2.24, 2.45) is 4.99 Å². The average Bonchev–Trinajstić information content (AvgIpc) is 3.33. The van der Waals surface area contributed by atoms with Crippen LogP contribution in [-0.2, 0) is 17.9 Å². The van der Waals surface area contributed by atoms with Crippen molar-refractivity contribution in [2.45, 2.75) is 32.4 Å². The van der Waals surface area contributed by atoms with Crippen molar-refractivity contribution in [1.29, 1.82) is 0 Å². The van der Waals surface area contributed by atoms with Gasteiger partial charge in [-0.3, -0.25) is 9.79 Å². The van der Waals surface area contributed by atoms with Gasteiger partial charge >= 0.3 is 0 Å². The zero-order valence-electron chi connectivity index (χ0n) is 15.6. The first-order valence-electron chi connectivity index (χ1n) is 9.06. The van der Waals surface area contributed by atoms with E-state index in [9.17, 15) is 4.79 Å². The zero-order chi connectivity index (χ0) is 18.2. The van der Waals surface area contributed by atoms with Crippen LogP contribution < -0.4 is 15.5 Å². The standard InChI is InChI=1S/C19H26N6O.HI/c1-20-19(22-9-3-11-24-13-10-21-15-24)23-14-16-5-7-17(8-6-16)25-12-2-4-18(25)26;/h5-8,10,13,15H,2-4,9,11-12,14H2,1H3,(H2,20,22,23);1H. The van der Waals surface area contributed by atoms with E-state index in [4.69, 9.17) is 0 Å². The van der Waals surface area contributed by atoms with Crippen molar-refractivity contribution in [1.82, 2.24) is 20.2 Å². The molecule has 0 saturated carbocycles. The van der Waals surface area contributed by atoms with Crippen LogP contribution in [0.1, 0.15) is 24.8 Å². The summed E-state index contributed by atoms with van der Waals surface area (Å²) in [7, 11) is 1.77. The minimum absolute atomic E-state index is 0. The van der Waals surface area contributed by atoms with Gasteiger partial charge in [0.1, 0.15) is 0 Å². The molecule has 1 fully saturated rings. The Kier molecular flexibility index (Phi) is 8.56. The molecule has 1 aromatic carbocycles. The highest BCUT2D eigenvalue weighted by Crippen LogP contribution is 2.21. The number of guanidine groups is 1. The van der Waals surface area contributed by atoms with Crippen LogP contribution in [0.15, 0.2) is 48.0 Å². The number of nitrogens with zero attached hydrogens (tertiary/aromatic N) is 4. The molecule has 2 aromatic rings. The maximum absolute atomic E-state index is 11.8. The van der Waals surface area contributed by atoms with Crippen LogP contribution in [0.2, 0.25) is 0 Å². The number of hydrogen-bond donors (Lipinski definition) is 2. The number of hydrogen-bond acceptors (Lipinski definition) is 3. The van der Waals surface area contributed by atoms with Crippen molar-refractivity contribution in [3.8, 4) is 0 Å². The van der Waals surface area contributed by atoms with Crippen molar-refractivity contribution < 1.29 is 4.79 Å². The molecule has 0 unspecified atom stereocenters. The quantitative estimate of drug-likeness (QED) is 0.275. The molecule has 0 spiro atoms. The number of halogens is 1. The first kappa shape index (κ1) is 21.2. The Balaban J connectivity index is 0.00000261. The molecule has 8 heteroatoms. The molecule has 1 aliphatic rings. The number of carbonyl (C=O) groups is 1. The Morgan fingerprint density at radius 2 is 2.07 bits per heavy atom. The first-order valence-corrected chi connectivity index (χ1v) is 9.06. The van der Waals surface area contributed by atoms with Gasteiger partial charge in [-0.2, -0.15) is 0 Å². The molecule has 3 rings (SSSR count). The molecule has 1 aromatic heterocycles. The minimum atomic E-state index is 0. The lowest BCUT2D eigenvalue weighted by Gasteiger charge is -2.16. The summed E-state index contributed by atoms with van der Waals surface area (Å²) in [5.74, 6) is 1.01. The van der Waals surface area contributed by atoms with Gasteiger partial charge in [0, 0.05) is 57.7 Å². The van der Waals surface area contributed by atoms with Crippen molar-refractivity contribution in [3.63, 3.8) is 0 Å². The van der Waals surface area contributed by atoms with E-state index in [0.29, 0.717) is 13.0 Å². The maximum Gasteiger partial charge on any atom is 0.227 e. The van der Waals surface area contributed by atoms with Gasteiger partial charge in [-0.1, -0.05) is 12.1 Å². The van der Waals surface area contributed by atoms with Crippen molar-refractivity contribution >= 4 is 41.5 Å². The fraction of sp³-hybridized carbons (Fsp3) is 0.421. The molecular formula is C19H27IN6O. The average molecular weight is 482 g/mol. The van der Waals surface area contributed by atoms with E-state index < -0.39 is 0 Å². The molecule has 0 atom stereocenters. The van der Waals surface area contributed by atoms with Crippen LogP contribution >= 0.6 is 24.0 Å². The summed E-state index contributed by atoms with van der Waals surface area (Å²) in [6.45, 7) is 3.29. The van der Waals surface area contributed by atoms with Crippen molar-refractivity contribution in [3.05, 3.63) is 48.5 Å². The summed E-state index contributed by atoms with van der Waals surface area (Å²) in [4.78, 5) is 21.9. The molecule has 1 saturated heterocycles. The number of benzene rings is 1. The maximum atomic E-state index is 11.8. The predicted octanol–water partition coefficient (Wildman–Crippen LogP) is 2.38. The number of nitrogens with one attached hydrogen (secondary N) is 2. The predicted molar refractivity (Wildman–Crippen MR) is 118 cm³/mol. The Bertz CT molecular complexity index is 729. The summed E-state index contributed by atoms with van der Waals surface area (Å²) in [5, 5.41) is 6.63. The normalized spacial score (nSPS) is 14.2. The smallest absolute Gasteiger partial charge is 0.227 e. The second-order valence-electron chi connectivity index (χ2n) is 6.32. The number of imidazole rings is 1. The summed E-state index contributed by atoms with van der Waals surface area (Å²) in [6.07, 6.45) is 8.18. The van der Waals surface area contributed by atoms with Gasteiger partial charge in [-0.25, -0.2) is 4.98 Å². The number of aryl methyl sites for hydroxylation is 1. The third-order valence-electron chi connectivity index (χ3n) is 4.45. The molecule has 27 heavy (non-hydrogen) atoms. The zero-order valence-corrected chi connectivity index (χ0v) is 17.9. The monoisotopic (exact) mass is 482 g/mol. The van der Waals surface area contributed by atoms with Crippen LogP contribution in [0, 0.1) is 0 Å². The lowest BCUT2D eigenvalue weighted by Crippen LogP contribution is -2.37. The SMILES string of the molecule is CN=C(NCCCn1ccnc1)NCc1ccc(N2CCCC2=O)cc1.I. The summed E-state index contributed by atoms with van der Waals surface area (Å²) in [5.41, 5.74) is 2.14. The number of anilines is 1.